The van der Waals surface area contributed by atoms with Crippen molar-refractivity contribution >= 4 is 10.8 Å². The molecule has 0 nitrogen and oxygen atoms in total. The topological polar surface area (TPSA) is 0 Å². The summed E-state index contributed by atoms with van der Waals surface area (Å²) in [4.78, 5) is 0. The van der Waals surface area contributed by atoms with E-state index in [0.29, 0.717) is 11.8 Å². The summed E-state index contributed by atoms with van der Waals surface area (Å²) in [6, 6.07) is 8.84. The van der Waals surface area contributed by atoms with Crippen LogP contribution < -0.4 is 0 Å². The van der Waals surface area contributed by atoms with Crippen LogP contribution in [0.15, 0.2) is 24.3 Å². The number of rotatable bonds is 2. The molecule has 96 valence electrons. The highest BCUT2D eigenvalue weighted by atomic mass is 14.2. The lowest BCUT2D eigenvalue weighted by Crippen LogP contribution is -2.05. The Kier molecular flexibility index (Phi) is 3.47. The highest BCUT2D eigenvalue weighted by Crippen LogP contribution is 2.37. The molecular weight excluding hydrogens is 216 g/mol. The fraction of sp³-hybridized carbons (Fsp3) is 0.444. The molecule has 0 unspecified atom stereocenters. The molecule has 0 heterocycles. The lowest BCUT2D eigenvalue weighted by Gasteiger charge is -2.23. The number of benzene rings is 2. The highest BCUT2D eigenvalue weighted by molar-refractivity contribution is 5.91. The highest BCUT2D eigenvalue weighted by Gasteiger charge is 2.18. The summed E-state index contributed by atoms with van der Waals surface area (Å²) in [7, 11) is 0. The van der Waals surface area contributed by atoms with Gasteiger partial charge in [0.25, 0.3) is 0 Å². The minimum Gasteiger partial charge on any atom is -0.0616 e. The van der Waals surface area contributed by atoms with Crippen molar-refractivity contribution in [2.45, 2.75) is 53.4 Å². The Morgan fingerprint density at radius 1 is 0.667 bits per heavy atom. The van der Waals surface area contributed by atoms with Crippen LogP contribution in [0.1, 0.15) is 61.8 Å². The van der Waals surface area contributed by atoms with Gasteiger partial charge in [0.1, 0.15) is 0 Å². The van der Waals surface area contributed by atoms with E-state index in [2.05, 4.69) is 65.8 Å². The maximum Gasteiger partial charge on any atom is -0.0144 e. The van der Waals surface area contributed by atoms with Gasteiger partial charge in [0.2, 0.25) is 0 Å². The molecule has 2 rings (SSSR count). The van der Waals surface area contributed by atoms with Crippen LogP contribution >= 0.6 is 0 Å². The van der Waals surface area contributed by atoms with Gasteiger partial charge >= 0.3 is 0 Å². The summed E-state index contributed by atoms with van der Waals surface area (Å²) in [6.45, 7) is 13.8. The van der Waals surface area contributed by atoms with E-state index < -0.39 is 0 Å². The predicted octanol–water partition coefficient (Wildman–Crippen LogP) is 5.70. The minimum absolute atomic E-state index is 0.576. The second-order valence-electron chi connectivity index (χ2n) is 5.93. The summed E-state index contributed by atoms with van der Waals surface area (Å²) in [5.41, 5.74) is 6.02. The predicted molar refractivity (Wildman–Crippen MR) is 81.6 cm³/mol. The smallest absolute Gasteiger partial charge is 0.0144 e. The number of aryl methyl sites for hydroxylation is 1. The molecule has 0 N–H and O–H groups in total. The third-order valence-corrected chi connectivity index (χ3v) is 4.03. The Balaban J connectivity index is 2.98. The van der Waals surface area contributed by atoms with Crippen LogP contribution in [-0.2, 0) is 0 Å². The zero-order valence-electron chi connectivity index (χ0n) is 12.5. The van der Waals surface area contributed by atoms with E-state index in [-0.39, 0.29) is 0 Å². The first-order chi connectivity index (χ1) is 8.45. The quantitative estimate of drug-likeness (QED) is 0.631. The third kappa shape index (κ3) is 1.94. The lowest BCUT2D eigenvalue weighted by molar-refractivity contribution is 0.789. The molecule has 0 aromatic heterocycles. The van der Waals surface area contributed by atoms with E-state index in [1.807, 2.05) is 0 Å². The third-order valence-electron chi connectivity index (χ3n) is 4.03. The van der Waals surface area contributed by atoms with Crippen LogP contribution in [0.4, 0.5) is 0 Å². The molecule has 2 aromatic rings. The van der Waals surface area contributed by atoms with Crippen molar-refractivity contribution in [3.63, 3.8) is 0 Å². The fourth-order valence-corrected chi connectivity index (χ4v) is 3.16. The molecule has 0 saturated heterocycles. The van der Waals surface area contributed by atoms with Gasteiger partial charge in [-0.1, -0.05) is 52.0 Å². The summed E-state index contributed by atoms with van der Waals surface area (Å²) in [6.07, 6.45) is 0. The van der Waals surface area contributed by atoms with Gasteiger partial charge in [-0.3, -0.25) is 0 Å². The Labute approximate surface area is 111 Å². The maximum atomic E-state index is 2.31. The average molecular weight is 240 g/mol. The molecule has 2 aromatic carbocycles. The van der Waals surface area contributed by atoms with Crippen molar-refractivity contribution in [2.75, 3.05) is 0 Å². The van der Waals surface area contributed by atoms with Crippen molar-refractivity contribution in [1.82, 2.24) is 0 Å². The van der Waals surface area contributed by atoms with Crippen LogP contribution in [0.5, 0.6) is 0 Å². The summed E-state index contributed by atoms with van der Waals surface area (Å²) in [5, 5.41) is 2.86. The lowest BCUT2D eigenvalue weighted by atomic mass is 9.81. The van der Waals surface area contributed by atoms with Crippen molar-refractivity contribution < 1.29 is 0 Å². The molecule has 0 fully saturated rings. The normalized spacial score (nSPS) is 11.8. The Morgan fingerprint density at radius 3 is 1.67 bits per heavy atom. The van der Waals surface area contributed by atoms with Gasteiger partial charge in [-0.25, -0.2) is 0 Å². The summed E-state index contributed by atoms with van der Waals surface area (Å²) < 4.78 is 0. The van der Waals surface area contributed by atoms with Crippen LogP contribution in [0.2, 0.25) is 0 Å². The zero-order valence-corrected chi connectivity index (χ0v) is 12.5. The number of hydrogen-bond donors (Lipinski definition) is 0. The summed E-state index contributed by atoms with van der Waals surface area (Å²) >= 11 is 0. The minimum atomic E-state index is 0.576. The maximum absolute atomic E-state index is 2.31. The first-order valence-electron chi connectivity index (χ1n) is 6.96. The largest absolute Gasteiger partial charge is 0.0616 e. The van der Waals surface area contributed by atoms with Gasteiger partial charge in [-0.2, -0.15) is 0 Å². The van der Waals surface area contributed by atoms with Gasteiger partial charge in [-0.15, -0.1) is 0 Å². The Bertz CT molecular complexity index is 574. The van der Waals surface area contributed by atoms with Crippen molar-refractivity contribution in [3.8, 4) is 0 Å². The Hall–Kier alpha value is -1.30. The molecule has 0 bridgehead atoms. The average Bonchev–Trinajstić information content (AvgIpc) is 2.32. The molecular formula is C18H24. The van der Waals surface area contributed by atoms with Crippen LogP contribution in [0.25, 0.3) is 10.8 Å². The molecule has 0 aliphatic carbocycles. The zero-order chi connectivity index (χ0) is 13.4. The number of hydrogen-bond acceptors (Lipinski definition) is 0. The van der Waals surface area contributed by atoms with E-state index in [4.69, 9.17) is 0 Å². The number of fused-ring (bicyclic) bond motifs is 1. The standard InChI is InChI=1S/C18H24/c1-11(2)17-14(6)13(5)15-9-7-8-10-16(15)18(17)12(3)4/h7-12H,1-6H3. The van der Waals surface area contributed by atoms with Gasteiger partial charge in [0, 0.05) is 0 Å². The second-order valence-corrected chi connectivity index (χ2v) is 5.93. The van der Waals surface area contributed by atoms with E-state index in [9.17, 15) is 0 Å². The molecule has 0 spiro atoms. The van der Waals surface area contributed by atoms with Gasteiger partial charge in [0.05, 0.1) is 0 Å². The molecule has 0 radical (unpaired) electrons. The fourth-order valence-electron chi connectivity index (χ4n) is 3.16. The second kappa shape index (κ2) is 4.76. The first-order valence-corrected chi connectivity index (χ1v) is 6.96. The van der Waals surface area contributed by atoms with Gasteiger partial charge < -0.3 is 0 Å². The molecule has 18 heavy (non-hydrogen) atoms. The SMILES string of the molecule is Cc1c(C(C)C)c(C(C)C)c2ccccc2c1C. The van der Waals surface area contributed by atoms with Crippen LogP contribution in [0.3, 0.4) is 0 Å². The monoisotopic (exact) mass is 240 g/mol. The van der Waals surface area contributed by atoms with Crippen molar-refractivity contribution in [3.05, 3.63) is 46.5 Å². The molecule has 0 amide bonds. The van der Waals surface area contributed by atoms with E-state index in [0.717, 1.165) is 0 Å². The van der Waals surface area contributed by atoms with E-state index in [1.165, 1.54) is 21.9 Å². The van der Waals surface area contributed by atoms with Gasteiger partial charge in [-0.05, 0) is 58.7 Å². The van der Waals surface area contributed by atoms with Crippen LogP contribution in [0, 0.1) is 13.8 Å². The van der Waals surface area contributed by atoms with E-state index in [1.54, 1.807) is 11.1 Å². The molecule has 0 atom stereocenters. The Morgan fingerprint density at radius 2 is 1.17 bits per heavy atom. The van der Waals surface area contributed by atoms with Crippen LogP contribution in [-0.4, -0.2) is 0 Å². The van der Waals surface area contributed by atoms with Crippen molar-refractivity contribution in [1.29, 1.82) is 0 Å². The molecule has 0 saturated carbocycles. The van der Waals surface area contributed by atoms with Crippen molar-refractivity contribution in [2.24, 2.45) is 0 Å². The molecule has 0 aliphatic rings. The van der Waals surface area contributed by atoms with E-state index >= 15 is 0 Å². The summed E-state index contributed by atoms with van der Waals surface area (Å²) in [5.74, 6) is 1.16. The molecule has 0 aliphatic heterocycles. The molecule has 0 heteroatoms. The first kappa shape index (κ1) is 13.1. The van der Waals surface area contributed by atoms with Gasteiger partial charge in [0.15, 0.2) is 0 Å².